The summed E-state index contributed by atoms with van der Waals surface area (Å²) in [5, 5.41) is 18.5. The Hall–Kier alpha value is -3.00. The Morgan fingerprint density at radius 3 is 2.79 bits per heavy atom. The van der Waals surface area contributed by atoms with Crippen molar-refractivity contribution in [3.05, 3.63) is 53.1 Å². The summed E-state index contributed by atoms with van der Waals surface area (Å²) in [5.41, 5.74) is 2.25. The van der Waals surface area contributed by atoms with Gasteiger partial charge in [-0.1, -0.05) is 17.7 Å². The van der Waals surface area contributed by atoms with E-state index >= 15 is 0 Å². The largest absolute Gasteiger partial charge is 0.493 e. The topological polar surface area (TPSA) is 79.5 Å². The molecule has 0 aliphatic carbocycles. The van der Waals surface area contributed by atoms with E-state index in [2.05, 4.69) is 6.07 Å². The van der Waals surface area contributed by atoms with Crippen molar-refractivity contribution >= 4 is 5.97 Å². The number of aryl methyl sites for hydroxylation is 1. The quantitative estimate of drug-likeness (QED) is 0.920. The van der Waals surface area contributed by atoms with Gasteiger partial charge in [-0.25, -0.2) is 0 Å². The highest BCUT2D eigenvalue weighted by Gasteiger charge is 2.26. The maximum absolute atomic E-state index is 11.0. The normalized spacial score (nSPS) is 15.8. The summed E-state index contributed by atoms with van der Waals surface area (Å²) < 4.78 is 11.5. The maximum Gasteiger partial charge on any atom is 0.303 e. The second-order valence-electron chi connectivity index (χ2n) is 5.85. The second kappa shape index (κ2) is 6.63. The molecule has 1 aliphatic heterocycles. The van der Waals surface area contributed by atoms with Crippen molar-refractivity contribution in [2.45, 2.75) is 25.7 Å². The summed E-state index contributed by atoms with van der Waals surface area (Å²) >= 11 is 0. The van der Waals surface area contributed by atoms with Crippen LogP contribution in [0.3, 0.4) is 0 Å². The predicted octanol–water partition coefficient (Wildman–Crippen LogP) is 4.00. The van der Waals surface area contributed by atoms with Crippen LogP contribution in [0.1, 0.15) is 35.4 Å². The van der Waals surface area contributed by atoms with E-state index in [-0.39, 0.29) is 12.3 Å². The molecule has 24 heavy (non-hydrogen) atoms. The van der Waals surface area contributed by atoms with Crippen LogP contribution in [0.4, 0.5) is 0 Å². The van der Waals surface area contributed by atoms with Gasteiger partial charge in [0.15, 0.2) is 0 Å². The minimum Gasteiger partial charge on any atom is -0.493 e. The van der Waals surface area contributed by atoms with Crippen LogP contribution >= 0.6 is 0 Å². The van der Waals surface area contributed by atoms with Gasteiger partial charge in [-0.15, -0.1) is 0 Å². The van der Waals surface area contributed by atoms with Gasteiger partial charge in [-0.3, -0.25) is 4.79 Å². The number of carboxylic acids is 1. The van der Waals surface area contributed by atoms with Gasteiger partial charge >= 0.3 is 5.97 Å². The Morgan fingerprint density at radius 2 is 2.12 bits per heavy atom. The molecule has 2 aromatic rings. The Bertz CT molecular complexity index is 805. The fraction of sp³-hybridized carbons (Fsp3) is 0.263. The number of fused-ring (bicyclic) bond motifs is 1. The smallest absolute Gasteiger partial charge is 0.303 e. The monoisotopic (exact) mass is 323 g/mol. The van der Waals surface area contributed by atoms with Gasteiger partial charge in [-0.2, -0.15) is 5.26 Å². The first-order chi connectivity index (χ1) is 11.6. The first kappa shape index (κ1) is 15.9. The van der Waals surface area contributed by atoms with Crippen LogP contribution in [0.2, 0.25) is 0 Å². The third kappa shape index (κ3) is 3.33. The van der Waals surface area contributed by atoms with Crippen molar-refractivity contribution in [2.24, 2.45) is 0 Å². The lowest BCUT2D eigenvalue weighted by Crippen LogP contribution is -2.17. The van der Waals surface area contributed by atoms with Gasteiger partial charge in [0.1, 0.15) is 23.3 Å². The Kier molecular flexibility index (Phi) is 4.39. The van der Waals surface area contributed by atoms with E-state index < -0.39 is 5.97 Å². The van der Waals surface area contributed by atoms with Crippen molar-refractivity contribution in [1.29, 1.82) is 5.26 Å². The molecule has 1 heterocycles. The van der Waals surface area contributed by atoms with Crippen molar-refractivity contribution < 1.29 is 19.4 Å². The molecule has 0 bridgehead atoms. The van der Waals surface area contributed by atoms with E-state index in [1.54, 1.807) is 12.1 Å². The summed E-state index contributed by atoms with van der Waals surface area (Å²) in [6.45, 7) is 2.45. The molecule has 0 amide bonds. The standard InChI is InChI=1S/C19H17NO4/c1-12-2-4-15(5-3-12)24-17-10-18-16(8-14(17)11-20)13(6-7-23-18)9-19(21)22/h2-5,8,10,13H,6-7,9H2,1H3,(H,21,22). The molecule has 122 valence electrons. The summed E-state index contributed by atoms with van der Waals surface area (Å²) in [4.78, 5) is 11.0. The number of aliphatic carboxylic acids is 1. The summed E-state index contributed by atoms with van der Waals surface area (Å²) in [7, 11) is 0. The summed E-state index contributed by atoms with van der Waals surface area (Å²) in [5.74, 6) is 0.637. The minimum atomic E-state index is -0.855. The van der Waals surface area contributed by atoms with Crippen LogP contribution in [-0.4, -0.2) is 17.7 Å². The number of nitriles is 1. The van der Waals surface area contributed by atoms with Crippen LogP contribution in [0.5, 0.6) is 17.2 Å². The highest BCUT2D eigenvalue weighted by Crippen LogP contribution is 2.40. The van der Waals surface area contributed by atoms with E-state index in [0.29, 0.717) is 35.8 Å². The average Bonchev–Trinajstić information content (AvgIpc) is 2.56. The van der Waals surface area contributed by atoms with Crippen molar-refractivity contribution in [3.8, 4) is 23.3 Å². The molecular weight excluding hydrogens is 306 g/mol. The molecule has 0 saturated carbocycles. The number of rotatable bonds is 4. The third-order valence-electron chi connectivity index (χ3n) is 4.07. The molecule has 5 nitrogen and oxygen atoms in total. The fourth-order valence-corrected chi connectivity index (χ4v) is 2.82. The van der Waals surface area contributed by atoms with E-state index in [9.17, 15) is 10.1 Å². The Labute approximate surface area is 140 Å². The second-order valence-corrected chi connectivity index (χ2v) is 5.85. The van der Waals surface area contributed by atoms with Crippen molar-refractivity contribution in [3.63, 3.8) is 0 Å². The fourth-order valence-electron chi connectivity index (χ4n) is 2.82. The average molecular weight is 323 g/mol. The zero-order valence-corrected chi connectivity index (χ0v) is 13.3. The van der Waals surface area contributed by atoms with Crippen molar-refractivity contribution in [2.75, 3.05) is 6.61 Å². The van der Waals surface area contributed by atoms with Crippen LogP contribution < -0.4 is 9.47 Å². The number of carboxylic acid groups (broad SMARTS) is 1. The molecule has 2 aromatic carbocycles. The molecule has 0 saturated heterocycles. The highest BCUT2D eigenvalue weighted by atomic mass is 16.5. The molecule has 0 spiro atoms. The number of ether oxygens (including phenoxy) is 2. The first-order valence-electron chi connectivity index (χ1n) is 7.74. The van der Waals surface area contributed by atoms with Gasteiger partial charge in [0.2, 0.25) is 0 Å². The van der Waals surface area contributed by atoms with E-state index in [1.807, 2.05) is 31.2 Å². The molecule has 1 unspecified atom stereocenters. The molecule has 0 fully saturated rings. The predicted molar refractivity (Wildman–Crippen MR) is 87.5 cm³/mol. The summed E-state index contributed by atoms with van der Waals surface area (Å²) in [6, 6.07) is 13.0. The van der Waals surface area contributed by atoms with Crippen LogP contribution in [0.15, 0.2) is 36.4 Å². The van der Waals surface area contributed by atoms with Crippen molar-refractivity contribution in [1.82, 2.24) is 0 Å². The SMILES string of the molecule is Cc1ccc(Oc2cc3c(cc2C#N)C(CC(=O)O)CCO3)cc1. The lowest BCUT2D eigenvalue weighted by Gasteiger charge is -2.25. The summed E-state index contributed by atoms with van der Waals surface area (Å²) in [6.07, 6.45) is 0.654. The lowest BCUT2D eigenvalue weighted by atomic mass is 9.89. The first-order valence-corrected chi connectivity index (χ1v) is 7.74. The highest BCUT2D eigenvalue weighted by molar-refractivity contribution is 5.69. The minimum absolute atomic E-state index is 0.0272. The number of nitrogens with zero attached hydrogens (tertiary/aromatic N) is 1. The lowest BCUT2D eigenvalue weighted by molar-refractivity contribution is -0.137. The zero-order valence-electron chi connectivity index (χ0n) is 13.3. The van der Waals surface area contributed by atoms with E-state index in [0.717, 1.165) is 11.1 Å². The van der Waals surface area contributed by atoms with Gasteiger partial charge in [0.25, 0.3) is 0 Å². The Morgan fingerprint density at radius 1 is 1.38 bits per heavy atom. The van der Waals surface area contributed by atoms with Crippen LogP contribution in [-0.2, 0) is 4.79 Å². The molecular formula is C19H17NO4. The molecule has 0 radical (unpaired) electrons. The molecule has 0 aromatic heterocycles. The van der Waals surface area contributed by atoms with E-state index in [1.165, 1.54) is 0 Å². The molecule has 1 atom stereocenters. The molecule has 5 heteroatoms. The maximum atomic E-state index is 11.0. The molecule has 1 N–H and O–H groups in total. The zero-order chi connectivity index (χ0) is 17.1. The van der Waals surface area contributed by atoms with Crippen LogP contribution in [0.25, 0.3) is 0 Å². The number of benzene rings is 2. The van der Waals surface area contributed by atoms with Gasteiger partial charge in [0, 0.05) is 12.0 Å². The number of hydrogen-bond donors (Lipinski definition) is 1. The third-order valence-corrected chi connectivity index (χ3v) is 4.07. The van der Waals surface area contributed by atoms with Gasteiger partial charge in [-0.05, 0) is 37.1 Å². The number of hydrogen-bond acceptors (Lipinski definition) is 4. The Balaban J connectivity index is 1.95. The number of carbonyl (C=O) groups is 1. The van der Waals surface area contributed by atoms with Gasteiger partial charge < -0.3 is 14.6 Å². The van der Waals surface area contributed by atoms with Crippen LogP contribution in [0, 0.1) is 18.3 Å². The molecule has 1 aliphatic rings. The van der Waals surface area contributed by atoms with Gasteiger partial charge in [0.05, 0.1) is 18.6 Å². The van der Waals surface area contributed by atoms with E-state index in [4.69, 9.17) is 14.6 Å². The molecule has 3 rings (SSSR count).